The number of nitrogens with one attached hydrogen (secondary N) is 1. The molecule has 1 unspecified atom stereocenters. The number of rotatable bonds is 5. The van der Waals surface area contributed by atoms with Crippen LogP contribution >= 0.6 is 23.2 Å². The van der Waals surface area contributed by atoms with Gasteiger partial charge < -0.3 is 10.1 Å². The van der Waals surface area contributed by atoms with Gasteiger partial charge in [0.25, 0.3) is 0 Å². The van der Waals surface area contributed by atoms with Gasteiger partial charge >= 0.3 is 0 Å². The van der Waals surface area contributed by atoms with Gasteiger partial charge in [-0.15, -0.1) is 0 Å². The average Bonchev–Trinajstić information content (AvgIpc) is 2.81. The summed E-state index contributed by atoms with van der Waals surface area (Å²) in [5, 5.41) is 4.58. The van der Waals surface area contributed by atoms with Gasteiger partial charge in [0.1, 0.15) is 6.67 Å². The quantitative estimate of drug-likeness (QED) is 0.844. The minimum absolute atomic E-state index is 0.102. The summed E-state index contributed by atoms with van der Waals surface area (Å²) in [6.45, 7) is 2.31. The molecule has 1 heterocycles. The maximum absolute atomic E-state index is 12.1. The molecule has 2 aliphatic rings. The number of halogens is 3. The monoisotopic (exact) mass is 303 g/mol. The molecule has 0 bridgehead atoms. The normalized spacial score (nSPS) is 32.4. The Bertz CT molecular complexity index is 485. The van der Waals surface area contributed by atoms with E-state index in [1.807, 2.05) is 18.2 Å². The summed E-state index contributed by atoms with van der Waals surface area (Å²) < 4.78 is 17.5. The van der Waals surface area contributed by atoms with Crippen LogP contribution in [0.15, 0.2) is 18.2 Å². The van der Waals surface area contributed by atoms with Crippen molar-refractivity contribution in [3.05, 3.63) is 33.8 Å². The van der Waals surface area contributed by atoms with Crippen molar-refractivity contribution in [2.24, 2.45) is 11.8 Å². The fourth-order valence-electron chi connectivity index (χ4n) is 3.47. The van der Waals surface area contributed by atoms with Crippen molar-refractivity contribution in [3.63, 3.8) is 0 Å². The van der Waals surface area contributed by atoms with Crippen molar-refractivity contribution in [2.45, 2.75) is 5.41 Å². The fourth-order valence-corrected chi connectivity index (χ4v) is 3.77. The molecule has 2 nitrogen and oxygen atoms in total. The van der Waals surface area contributed by atoms with E-state index in [0.717, 1.165) is 13.1 Å². The Morgan fingerprint density at radius 2 is 2.21 bits per heavy atom. The lowest BCUT2D eigenvalue weighted by Gasteiger charge is -2.17. The average molecular weight is 304 g/mol. The highest BCUT2D eigenvalue weighted by Crippen LogP contribution is 2.62. The molecule has 0 aromatic heterocycles. The number of hydrogen-bond acceptors (Lipinski definition) is 2. The van der Waals surface area contributed by atoms with E-state index in [4.69, 9.17) is 27.9 Å². The lowest BCUT2D eigenvalue weighted by Crippen LogP contribution is -2.25. The maximum Gasteiger partial charge on any atom is 0.113 e. The summed E-state index contributed by atoms with van der Waals surface area (Å²) in [7, 11) is 0. The Labute approximate surface area is 122 Å². The molecule has 1 N–H and O–H groups in total. The third kappa shape index (κ3) is 2.17. The number of alkyl halides is 1. The topological polar surface area (TPSA) is 21.3 Å². The molecular formula is C14H16Cl2FNO. The first-order valence-electron chi connectivity index (χ1n) is 6.50. The Morgan fingerprint density at radius 3 is 2.95 bits per heavy atom. The zero-order valence-electron chi connectivity index (χ0n) is 10.5. The van der Waals surface area contributed by atoms with Crippen LogP contribution in [0.3, 0.4) is 0 Å². The Kier molecular flexibility index (Phi) is 3.73. The highest BCUT2D eigenvalue weighted by Gasteiger charge is 2.67. The zero-order chi connectivity index (χ0) is 13.5. The first-order valence-corrected chi connectivity index (χ1v) is 7.25. The molecule has 1 saturated heterocycles. The van der Waals surface area contributed by atoms with E-state index in [1.165, 1.54) is 5.56 Å². The smallest absolute Gasteiger partial charge is 0.113 e. The summed E-state index contributed by atoms with van der Waals surface area (Å²) in [6.07, 6.45) is 0. The molecule has 1 aromatic carbocycles. The van der Waals surface area contributed by atoms with Crippen LogP contribution in [0, 0.1) is 11.8 Å². The number of hydrogen-bond donors (Lipinski definition) is 1. The fraction of sp³-hybridized carbons (Fsp3) is 0.571. The van der Waals surface area contributed by atoms with Crippen molar-refractivity contribution in [1.29, 1.82) is 0 Å². The maximum atomic E-state index is 12.1. The number of benzene rings is 1. The van der Waals surface area contributed by atoms with Crippen molar-refractivity contribution in [2.75, 3.05) is 33.0 Å². The van der Waals surface area contributed by atoms with Crippen LogP contribution in [0.5, 0.6) is 0 Å². The molecule has 1 saturated carbocycles. The van der Waals surface area contributed by atoms with Crippen LogP contribution in [0.1, 0.15) is 5.56 Å². The largest absolute Gasteiger partial charge is 0.378 e. The molecular weight excluding hydrogens is 288 g/mol. The van der Waals surface area contributed by atoms with Gasteiger partial charge in [0, 0.05) is 12.0 Å². The van der Waals surface area contributed by atoms with Crippen LogP contribution < -0.4 is 5.32 Å². The molecule has 104 valence electrons. The molecule has 1 aliphatic carbocycles. The molecule has 5 heteroatoms. The van der Waals surface area contributed by atoms with Crippen molar-refractivity contribution in [3.8, 4) is 0 Å². The second-order valence-electron chi connectivity index (χ2n) is 5.28. The number of fused-ring (bicyclic) bond motifs is 1. The molecule has 0 radical (unpaired) electrons. The molecule has 3 atom stereocenters. The number of ether oxygens (including phenoxy) is 1. The second kappa shape index (κ2) is 5.21. The first-order chi connectivity index (χ1) is 9.20. The zero-order valence-corrected chi connectivity index (χ0v) is 12.0. The van der Waals surface area contributed by atoms with Gasteiger partial charge in [-0.25, -0.2) is 4.39 Å². The molecule has 19 heavy (non-hydrogen) atoms. The van der Waals surface area contributed by atoms with Crippen molar-refractivity contribution >= 4 is 23.2 Å². The molecule has 1 aromatic rings. The van der Waals surface area contributed by atoms with E-state index in [9.17, 15) is 4.39 Å². The standard InChI is InChI=1S/C14H16Cl2FNO/c15-12-2-1-9(5-13(12)16)14-8-18-6-10(14)11(14)7-19-4-3-17/h1-2,5,10-11,18H,3-4,6-8H2/t10-,11?,14+/m0/s1. The van der Waals surface area contributed by atoms with Gasteiger partial charge in [-0.1, -0.05) is 29.3 Å². The highest BCUT2D eigenvalue weighted by atomic mass is 35.5. The van der Waals surface area contributed by atoms with E-state index in [2.05, 4.69) is 5.32 Å². The van der Waals surface area contributed by atoms with Gasteiger partial charge in [0.2, 0.25) is 0 Å². The third-order valence-electron chi connectivity index (χ3n) is 4.46. The second-order valence-corrected chi connectivity index (χ2v) is 6.09. The van der Waals surface area contributed by atoms with E-state index in [0.29, 0.717) is 28.5 Å². The molecule has 0 spiro atoms. The van der Waals surface area contributed by atoms with E-state index in [1.54, 1.807) is 0 Å². The van der Waals surface area contributed by atoms with Gasteiger partial charge in [-0.2, -0.15) is 0 Å². The van der Waals surface area contributed by atoms with Gasteiger partial charge in [-0.3, -0.25) is 0 Å². The van der Waals surface area contributed by atoms with Crippen molar-refractivity contribution in [1.82, 2.24) is 5.32 Å². The predicted molar refractivity (Wildman–Crippen MR) is 74.8 cm³/mol. The summed E-state index contributed by atoms with van der Waals surface area (Å²) in [5.74, 6) is 1.02. The van der Waals surface area contributed by atoms with Crippen LogP contribution in [-0.4, -0.2) is 33.0 Å². The van der Waals surface area contributed by atoms with Crippen LogP contribution in [0.2, 0.25) is 10.0 Å². The Balaban J connectivity index is 1.79. The van der Waals surface area contributed by atoms with Crippen molar-refractivity contribution < 1.29 is 9.13 Å². The number of piperidine rings is 1. The first kappa shape index (κ1) is 13.6. The summed E-state index contributed by atoms with van der Waals surface area (Å²) >= 11 is 12.1. The Hall–Kier alpha value is -0.350. The van der Waals surface area contributed by atoms with Crippen LogP contribution in [0.25, 0.3) is 0 Å². The van der Waals surface area contributed by atoms with E-state index >= 15 is 0 Å². The summed E-state index contributed by atoms with van der Waals surface area (Å²) in [6, 6.07) is 5.85. The summed E-state index contributed by atoms with van der Waals surface area (Å²) in [4.78, 5) is 0. The minimum atomic E-state index is -0.421. The Morgan fingerprint density at radius 1 is 1.37 bits per heavy atom. The predicted octanol–water partition coefficient (Wildman–Crippen LogP) is 3.07. The molecule has 0 amide bonds. The van der Waals surface area contributed by atoms with Gasteiger partial charge in [0.05, 0.1) is 23.3 Å². The third-order valence-corrected chi connectivity index (χ3v) is 5.20. The van der Waals surface area contributed by atoms with Crippen LogP contribution in [-0.2, 0) is 10.2 Å². The van der Waals surface area contributed by atoms with E-state index < -0.39 is 6.67 Å². The summed E-state index contributed by atoms with van der Waals surface area (Å²) in [5.41, 5.74) is 1.32. The SMILES string of the molecule is FCCOCC1[C@@H]2CNC[C@]12c1ccc(Cl)c(Cl)c1. The molecule has 2 fully saturated rings. The molecule has 3 rings (SSSR count). The highest BCUT2D eigenvalue weighted by molar-refractivity contribution is 6.42. The van der Waals surface area contributed by atoms with Gasteiger partial charge in [-0.05, 0) is 36.1 Å². The lowest BCUT2D eigenvalue weighted by atomic mass is 9.93. The van der Waals surface area contributed by atoms with Gasteiger partial charge in [0.15, 0.2) is 0 Å². The van der Waals surface area contributed by atoms with E-state index in [-0.39, 0.29) is 12.0 Å². The van der Waals surface area contributed by atoms with Crippen LogP contribution in [0.4, 0.5) is 4.39 Å². The minimum Gasteiger partial charge on any atom is -0.378 e. The lowest BCUT2D eigenvalue weighted by molar-refractivity contribution is 0.102. The molecule has 1 aliphatic heterocycles.